The second-order valence-corrected chi connectivity index (χ2v) is 5.17. The Bertz CT molecular complexity index is 771. The fraction of sp³-hybridized carbons (Fsp3) is 0.0833. The van der Waals surface area contributed by atoms with Crippen LogP contribution in [0.4, 0.5) is 5.69 Å². The lowest BCUT2D eigenvalue weighted by molar-refractivity contribution is -0.385. The first kappa shape index (κ1) is 15.6. The summed E-state index contributed by atoms with van der Waals surface area (Å²) in [5, 5.41) is 30.6. The number of nitrogens with one attached hydrogen (secondary N) is 2. The number of hydrogen-bond donors (Lipinski definition) is 3. The molecule has 1 amide bonds. The summed E-state index contributed by atoms with van der Waals surface area (Å²) in [4.78, 5) is 21.8. The Hall–Kier alpha value is -2.75. The summed E-state index contributed by atoms with van der Waals surface area (Å²) in [5.41, 5.74) is 2.69. The van der Waals surface area contributed by atoms with Crippen LogP contribution in [-0.4, -0.2) is 32.3 Å². The Labute approximate surface area is 132 Å². The van der Waals surface area contributed by atoms with Crippen LogP contribution in [0, 0.1) is 17.0 Å². The molecule has 0 aliphatic heterocycles. The molecule has 1 aromatic carbocycles. The van der Waals surface area contributed by atoms with Crippen LogP contribution in [-0.2, 0) is 0 Å². The van der Waals surface area contributed by atoms with Crippen molar-refractivity contribution in [2.75, 3.05) is 0 Å². The highest BCUT2D eigenvalue weighted by atomic mass is 79.9. The highest BCUT2D eigenvalue weighted by Crippen LogP contribution is 2.32. The smallest absolute Gasteiger partial charge is 0.312 e. The number of hydrazone groups is 1. The molecule has 0 spiro atoms. The number of carbonyl (C=O) groups excluding carboxylic acids is 1. The molecule has 1 aromatic heterocycles. The van der Waals surface area contributed by atoms with E-state index in [4.69, 9.17) is 0 Å². The summed E-state index contributed by atoms with van der Waals surface area (Å²) >= 11 is 3.10. The first-order chi connectivity index (χ1) is 10.4. The molecule has 114 valence electrons. The van der Waals surface area contributed by atoms with Crippen molar-refractivity contribution in [3.63, 3.8) is 0 Å². The van der Waals surface area contributed by atoms with Crippen LogP contribution in [0.5, 0.6) is 5.75 Å². The van der Waals surface area contributed by atoms with Gasteiger partial charge in [0.15, 0.2) is 5.69 Å². The predicted octanol–water partition coefficient (Wildman–Crippen LogP) is 1.86. The van der Waals surface area contributed by atoms with Crippen LogP contribution >= 0.6 is 15.9 Å². The van der Waals surface area contributed by atoms with Crippen molar-refractivity contribution in [1.29, 1.82) is 0 Å². The summed E-state index contributed by atoms with van der Waals surface area (Å²) in [6, 6.07) is 4.13. The molecule has 9 nitrogen and oxygen atoms in total. The van der Waals surface area contributed by atoms with Gasteiger partial charge < -0.3 is 5.11 Å². The number of aryl methyl sites for hydroxylation is 1. The van der Waals surface area contributed by atoms with Gasteiger partial charge in [-0.15, -0.1) is 0 Å². The van der Waals surface area contributed by atoms with Crippen LogP contribution in [0.15, 0.2) is 27.8 Å². The number of phenols is 1. The Balaban J connectivity index is 2.17. The highest BCUT2D eigenvalue weighted by molar-refractivity contribution is 9.10. The molecule has 10 heteroatoms. The molecule has 0 aliphatic carbocycles. The minimum absolute atomic E-state index is 0.0829. The lowest BCUT2D eigenvalue weighted by Gasteiger charge is -2.01. The third-order valence-electron chi connectivity index (χ3n) is 2.59. The second-order valence-electron chi connectivity index (χ2n) is 4.26. The van der Waals surface area contributed by atoms with Gasteiger partial charge in [0.05, 0.1) is 11.1 Å². The SMILES string of the molecule is Cc1cc(C(=O)N/N=C\c2cc(Br)cc([N+](=O)[O-])c2O)n[nH]1. The van der Waals surface area contributed by atoms with Gasteiger partial charge in [0, 0.05) is 21.8 Å². The van der Waals surface area contributed by atoms with Gasteiger partial charge in [0.2, 0.25) is 5.75 Å². The maximum Gasteiger partial charge on any atom is 0.312 e. The van der Waals surface area contributed by atoms with Crippen molar-refractivity contribution in [1.82, 2.24) is 15.6 Å². The van der Waals surface area contributed by atoms with Crippen molar-refractivity contribution in [2.24, 2.45) is 5.10 Å². The molecule has 0 bridgehead atoms. The van der Waals surface area contributed by atoms with Gasteiger partial charge in [-0.05, 0) is 19.1 Å². The van der Waals surface area contributed by atoms with E-state index in [9.17, 15) is 20.0 Å². The van der Waals surface area contributed by atoms with E-state index in [0.717, 1.165) is 18.0 Å². The molecule has 0 atom stereocenters. The maximum atomic E-state index is 11.7. The van der Waals surface area contributed by atoms with Gasteiger partial charge in [0.25, 0.3) is 5.91 Å². The number of hydrogen-bond acceptors (Lipinski definition) is 6. The summed E-state index contributed by atoms with van der Waals surface area (Å²) < 4.78 is 0.396. The molecule has 1 heterocycles. The molecule has 2 aromatic rings. The van der Waals surface area contributed by atoms with E-state index in [2.05, 4.69) is 36.7 Å². The summed E-state index contributed by atoms with van der Waals surface area (Å²) in [6.07, 6.45) is 1.10. The predicted molar refractivity (Wildman–Crippen MR) is 80.8 cm³/mol. The van der Waals surface area contributed by atoms with Crippen molar-refractivity contribution in [2.45, 2.75) is 6.92 Å². The van der Waals surface area contributed by atoms with Gasteiger partial charge in [-0.2, -0.15) is 10.2 Å². The van der Waals surface area contributed by atoms with E-state index in [1.54, 1.807) is 6.92 Å². The maximum absolute atomic E-state index is 11.7. The number of aromatic hydroxyl groups is 1. The molecule has 2 rings (SSSR count). The Morgan fingerprint density at radius 2 is 2.27 bits per heavy atom. The Kier molecular flexibility index (Phi) is 4.51. The number of nitro benzene ring substituents is 1. The highest BCUT2D eigenvalue weighted by Gasteiger charge is 2.17. The third-order valence-corrected chi connectivity index (χ3v) is 3.05. The van der Waals surface area contributed by atoms with E-state index < -0.39 is 22.3 Å². The first-order valence-electron chi connectivity index (χ1n) is 5.91. The van der Waals surface area contributed by atoms with E-state index >= 15 is 0 Å². The van der Waals surface area contributed by atoms with Crippen molar-refractivity contribution in [3.8, 4) is 5.75 Å². The number of rotatable bonds is 4. The fourth-order valence-corrected chi connectivity index (χ4v) is 2.06. The van der Waals surface area contributed by atoms with Crippen molar-refractivity contribution in [3.05, 3.63) is 49.7 Å². The molecular formula is C12H10BrN5O4. The number of carbonyl (C=O) groups is 1. The number of halogens is 1. The Morgan fingerprint density at radius 1 is 1.55 bits per heavy atom. The molecule has 0 aliphatic rings. The van der Waals surface area contributed by atoms with Crippen LogP contribution in [0.25, 0.3) is 0 Å². The average molecular weight is 368 g/mol. The van der Waals surface area contributed by atoms with Gasteiger partial charge in [-0.25, -0.2) is 5.43 Å². The van der Waals surface area contributed by atoms with Crippen LogP contribution < -0.4 is 5.43 Å². The number of nitrogens with zero attached hydrogens (tertiary/aromatic N) is 3. The van der Waals surface area contributed by atoms with Gasteiger partial charge in [-0.3, -0.25) is 20.0 Å². The lowest BCUT2D eigenvalue weighted by atomic mass is 10.2. The van der Waals surface area contributed by atoms with Gasteiger partial charge in [0.1, 0.15) is 0 Å². The molecule has 0 saturated carbocycles. The van der Waals surface area contributed by atoms with E-state index in [-0.39, 0.29) is 11.3 Å². The van der Waals surface area contributed by atoms with Gasteiger partial charge >= 0.3 is 5.69 Å². The first-order valence-corrected chi connectivity index (χ1v) is 6.70. The molecule has 3 N–H and O–H groups in total. The quantitative estimate of drug-likeness (QED) is 0.430. The molecule has 0 saturated heterocycles. The largest absolute Gasteiger partial charge is 0.502 e. The number of aromatic amines is 1. The number of benzene rings is 1. The second kappa shape index (κ2) is 6.35. The van der Waals surface area contributed by atoms with E-state index in [1.165, 1.54) is 12.1 Å². The minimum Gasteiger partial charge on any atom is -0.502 e. The molecule has 22 heavy (non-hydrogen) atoms. The molecule has 0 unspecified atom stereocenters. The monoisotopic (exact) mass is 367 g/mol. The van der Waals surface area contributed by atoms with Crippen LogP contribution in [0.2, 0.25) is 0 Å². The molecule has 0 radical (unpaired) electrons. The van der Waals surface area contributed by atoms with E-state index in [0.29, 0.717) is 4.47 Å². The normalized spacial score (nSPS) is 10.8. The number of phenolic OH excluding ortho intramolecular Hbond substituents is 1. The minimum atomic E-state index is -0.720. The van der Waals surface area contributed by atoms with Crippen molar-refractivity contribution >= 4 is 33.7 Å². The zero-order valence-corrected chi connectivity index (χ0v) is 12.8. The molecular weight excluding hydrogens is 358 g/mol. The Morgan fingerprint density at radius 3 is 2.86 bits per heavy atom. The molecule has 0 fully saturated rings. The number of amides is 1. The van der Waals surface area contributed by atoms with Crippen LogP contribution in [0.3, 0.4) is 0 Å². The summed E-state index contributed by atoms with van der Waals surface area (Å²) in [6.45, 7) is 1.74. The lowest BCUT2D eigenvalue weighted by Crippen LogP contribution is -2.18. The fourth-order valence-electron chi connectivity index (χ4n) is 1.60. The van der Waals surface area contributed by atoms with Crippen molar-refractivity contribution < 1.29 is 14.8 Å². The third kappa shape index (κ3) is 3.47. The summed E-state index contributed by atoms with van der Waals surface area (Å²) in [7, 11) is 0. The number of H-pyrrole nitrogens is 1. The zero-order valence-electron chi connectivity index (χ0n) is 11.2. The number of aromatic nitrogens is 2. The summed E-state index contributed by atoms with van der Waals surface area (Å²) in [5.74, 6) is -1.09. The topological polar surface area (TPSA) is 134 Å². The zero-order chi connectivity index (χ0) is 16.3. The van der Waals surface area contributed by atoms with Gasteiger partial charge in [-0.1, -0.05) is 15.9 Å². The van der Waals surface area contributed by atoms with Crippen LogP contribution in [0.1, 0.15) is 21.7 Å². The average Bonchev–Trinajstić information content (AvgIpc) is 2.88. The standard InChI is InChI=1S/C12H10BrN5O4/c1-6-2-9(16-15-6)12(20)17-14-5-7-3-8(13)4-10(11(7)19)18(21)22/h2-5,19H,1H3,(H,15,16)(H,17,20)/b14-5-. The van der Waals surface area contributed by atoms with E-state index in [1.807, 2.05) is 0 Å². The number of nitro groups is 1.